The van der Waals surface area contributed by atoms with E-state index in [0.29, 0.717) is 12.8 Å². The van der Waals surface area contributed by atoms with E-state index in [-0.39, 0.29) is 6.10 Å². The Balaban J connectivity index is 2.00. The quantitative estimate of drug-likeness (QED) is 0.233. The SMILES string of the molecule is Fc1c(F)c(F)c(OC(=S)OC2CCCCCCCCCCC2)c(F)c1F. The summed E-state index contributed by atoms with van der Waals surface area (Å²) in [4.78, 5) is 0. The van der Waals surface area contributed by atoms with E-state index in [1.54, 1.807) is 0 Å². The molecule has 0 aliphatic heterocycles. The van der Waals surface area contributed by atoms with Crippen molar-refractivity contribution in [3.63, 3.8) is 0 Å². The lowest BCUT2D eigenvalue weighted by atomic mass is 9.99. The summed E-state index contributed by atoms with van der Waals surface area (Å²) in [6.07, 6.45) is 10.9. The molecule has 0 spiro atoms. The van der Waals surface area contributed by atoms with Crippen LogP contribution in [0.5, 0.6) is 5.75 Å². The zero-order valence-electron chi connectivity index (χ0n) is 15.0. The molecule has 0 unspecified atom stereocenters. The molecule has 1 fully saturated rings. The second-order valence-corrected chi connectivity index (χ2v) is 7.08. The van der Waals surface area contributed by atoms with Gasteiger partial charge in [0.2, 0.25) is 34.8 Å². The van der Waals surface area contributed by atoms with E-state index < -0.39 is 40.1 Å². The van der Waals surface area contributed by atoms with Crippen LogP contribution in [0.3, 0.4) is 0 Å². The molecule has 8 heteroatoms. The number of ether oxygens (including phenoxy) is 2. The van der Waals surface area contributed by atoms with E-state index in [1.807, 2.05) is 0 Å². The van der Waals surface area contributed by atoms with Crippen LogP contribution in [0.15, 0.2) is 0 Å². The van der Waals surface area contributed by atoms with Crippen molar-refractivity contribution in [2.75, 3.05) is 0 Å². The highest BCUT2D eigenvalue weighted by Gasteiger charge is 2.28. The van der Waals surface area contributed by atoms with Gasteiger partial charge in [-0.25, -0.2) is 13.2 Å². The van der Waals surface area contributed by atoms with Crippen LogP contribution in [-0.4, -0.2) is 11.3 Å². The van der Waals surface area contributed by atoms with E-state index in [0.717, 1.165) is 38.5 Å². The third-order valence-corrected chi connectivity index (χ3v) is 4.85. The Hall–Kier alpha value is -1.44. The highest BCUT2D eigenvalue weighted by molar-refractivity contribution is 7.79. The van der Waals surface area contributed by atoms with Crippen LogP contribution < -0.4 is 4.74 Å². The summed E-state index contributed by atoms with van der Waals surface area (Å²) in [5.74, 6) is -12.0. The standard InChI is InChI=1S/C19H23F5O2S/c20-13-14(21)16(23)18(17(24)15(13)22)26-19(27)25-12-10-8-6-4-2-1-3-5-7-9-11-12/h12H,1-11H2. The maximum Gasteiger partial charge on any atom is 0.358 e. The molecule has 0 radical (unpaired) electrons. The molecular weight excluding hydrogens is 387 g/mol. The van der Waals surface area contributed by atoms with Gasteiger partial charge in [0.1, 0.15) is 6.10 Å². The van der Waals surface area contributed by atoms with Gasteiger partial charge in [-0.05, 0) is 25.7 Å². The third kappa shape index (κ3) is 6.30. The van der Waals surface area contributed by atoms with Crippen LogP contribution in [0, 0.1) is 29.1 Å². The molecule has 1 saturated carbocycles. The predicted octanol–water partition coefficient (Wildman–Crippen LogP) is 6.74. The topological polar surface area (TPSA) is 18.5 Å². The molecule has 1 aromatic rings. The minimum atomic E-state index is -2.25. The third-order valence-electron chi connectivity index (χ3n) is 4.67. The van der Waals surface area contributed by atoms with Crippen molar-refractivity contribution in [1.29, 1.82) is 0 Å². The molecule has 0 N–H and O–H groups in total. The van der Waals surface area contributed by atoms with E-state index in [1.165, 1.54) is 19.3 Å². The molecule has 0 saturated heterocycles. The minimum absolute atomic E-state index is 0.307. The van der Waals surface area contributed by atoms with E-state index in [9.17, 15) is 22.0 Å². The zero-order valence-corrected chi connectivity index (χ0v) is 15.8. The fourth-order valence-electron chi connectivity index (χ4n) is 3.16. The molecule has 1 aliphatic carbocycles. The van der Waals surface area contributed by atoms with E-state index in [2.05, 4.69) is 4.74 Å². The number of rotatable bonds is 2. The summed E-state index contributed by atoms with van der Waals surface area (Å²) in [5.41, 5.74) is 0. The predicted molar refractivity (Wildman–Crippen MR) is 95.1 cm³/mol. The van der Waals surface area contributed by atoms with Gasteiger partial charge in [0.25, 0.3) is 0 Å². The average molecular weight is 410 g/mol. The summed E-state index contributed by atoms with van der Waals surface area (Å²) in [5, 5.41) is -0.643. The number of hydrogen-bond acceptors (Lipinski definition) is 3. The van der Waals surface area contributed by atoms with Gasteiger partial charge in [-0.3, -0.25) is 0 Å². The molecule has 1 aromatic carbocycles. The van der Waals surface area contributed by atoms with Gasteiger partial charge in [0.15, 0.2) is 0 Å². The van der Waals surface area contributed by atoms with Gasteiger partial charge in [-0.2, -0.15) is 8.78 Å². The van der Waals surface area contributed by atoms with Crippen LogP contribution in [0.1, 0.15) is 70.6 Å². The van der Waals surface area contributed by atoms with Gasteiger partial charge in [-0.1, -0.05) is 44.9 Å². The first-order valence-electron chi connectivity index (χ1n) is 9.31. The Morgan fingerprint density at radius 3 is 1.44 bits per heavy atom. The molecule has 0 amide bonds. The Morgan fingerprint density at radius 1 is 0.630 bits per heavy atom. The summed E-state index contributed by atoms with van der Waals surface area (Å²) in [7, 11) is 0. The minimum Gasteiger partial charge on any atom is -0.453 e. The normalized spacial score (nSPS) is 17.7. The fraction of sp³-hybridized carbons (Fsp3) is 0.632. The first kappa shape index (κ1) is 21.9. The first-order valence-corrected chi connectivity index (χ1v) is 9.72. The lowest BCUT2D eigenvalue weighted by Crippen LogP contribution is -2.22. The first-order chi connectivity index (χ1) is 12.9. The van der Waals surface area contributed by atoms with Crippen LogP contribution in [-0.2, 0) is 4.74 Å². The van der Waals surface area contributed by atoms with Gasteiger partial charge >= 0.3 is 5.24 Å². The van der Waals surface area contributed by atoms with Crippen molar-refractivity contribution in [2.24, 2.45) is 0 Å². The van der Waals surface area contributed by atoms with Crippen molar-refractivity contribution in [1.82, 2.24) is 0 Å². The summed E-state index contributed by atoms with van der Waals surface area (Å²) >= 11 is 4.83. The number of benzene rings is 1. The lowest BCUT2D eigenvalue weighted by molar-refractivity contribution is 0.129. The van der Waals surface area contributed by atoms with Crippen molar-refractivity contribution >= 4 is 17.5 Å². The van der Waals surface area contributed by atoms with Crippen LogP contribution in [0.25, 0.3) is 0 Å². The Kier molecular flexibility index (Phi) is 8.73. The molecular formula is C19H23F5O2S. The van der Waals surface area contributed by atoms with Crippen molar-refractivity contribution in [3.05, 3.63) is 29.1 Å². The highest BCUT2D eigenvalue weighted by atomic mass is 32.1. The van der Waals surface area contributed by atoms with Crippen LogP contribution in [0.2, 0.25) is 0 Å². The second-order valence-electron chi connectivity index (χ2n) is 6.75. The monoisotopic (exact) mass is 410 g/mol. The van der Waals surface area contributed by atoms with Gasteiger partial charge in [-0.15, -0.1) is 0 Å². The second kappa shape index (κ2) is 10.8. The van der Waals surface area contributed by atoms with Crippen LogP contribution >= 0.6 is 12.2 Å². The molecule has 0 aromatic heterocycles. The summed E-state index contributed by atoms with van der Waals surface area (Å²) in [6.45, 7) is 0. The Morgan fingerprint density at radius 2 is 1.00 bits per heavy atom. The average Bonchev–Trinajstić information content (AvgIpc) is 2.64. The molecule has 2 rings (SSSR count). The van der Waals surface area contributed by atoms with Crippen molar-refractivity contribution < 1.29 is 31.4 Å². The number of thiocarbonyl (C=S) groups is 1. The number of hydrogen-bond donors (Lipinski definition) is 0. The Bertz CT molecular complexity index is 612. The lowest BCUT2D eigenvalue weighted by Gasteiger charge is -2.20. The molecule has 0 heterocycles. The maximum atomic E-state index is 13.7. The fourth-order valence-corrected chi connectivity index (χ4v) is 3.38. The summed E-state index contributed by atoms with van der Waals surface area (Å²) in [6, 6.07) is 0. The largest absolute Gasteiger partial charge is 0.453 e. The maximum absolute atomic E-state index is 13.7. The van der Waals surface area contributed by atoms with E-state index in [4.69, 9.17) is 17.0 Å². The van der Waals surface area contributed by atoms with Crippen molar-refractivity contribution in [2.45, 2.75) is 76.7 Å². The van der Waals surface area contributed by atoms with Gasteiger partial charge in [0, 0.05) is 12.2 Å². The molecule has 0 bridgehead atoms. The number of halogens is 5. The Labute approximate surface area is 161 Å². The molecule has 1 aliphatic rings. The zero-order chi connectivity index (χ0) is 19.8. The van der Waals surface area contributed by atoms with Gasteiger partial charge < -0.3 is 9.47 Å². The highest BCUT2D eigenvalue weighted by Crippen LogP contribution is 2.30. The molecule has 0 atom stereocenters. The molecule has 152 valence electrons. The molecule has 2 nitrogen and oxygen atoms in total. The van der Waals surface area contributed by atoms with Crippen LogP contribution in [0.4, 0.5) is 22.0 Å². The van der Waals surface area contributed by atoms with E-state index >= 15 is 0 Å². The van der Waals surface area contributed by atoms with Crippen molar-refractivity contribution in [3.8, 4) is 5.75 Å². The van der Waals surface area contributed by atoms with Gasteiger partial charge in [0.05, 0.1) is 0 Å². The molecule has 27 heavy (non-hydrogen) atoms. The smallest absolute Gasteiger partial charge is 0.358 e. The summed E-state index contributed by atoms with van der Waals surface area (Å²) < 4.78 is 77.1.